The van der Waals surface area contributed by atoms with Crippen molar-refractivity contribution in [2.45, 2.75) is 44.1 Å². The fourth-order valence-corrected chi connectivity index (χ4v) is 6.03. The maximum absolute atomic E-state index is 12.9. The van der Waals surface area contributed by atoms with E-state index in [1.807, 2.05) is 17.0 Å². The van der Waals surface area contributed by atoms with Gasteiger partial charge in [0.2, 0.25) is 5.91 Å². The number of carbonyl (C=O) groups is 2. The van der Waals surface area contributed by atoms with Crippen molar-refractivity contribution in [2.75, 3.05) is 31.2 Å². The molecule has 3 heterocycles. The van der Waals surface area contributed by atoms with Crippen LogP contribution in [0.25, 0.3) is 0 Å². The van der Waals surface area contributed by atoms with Crippen molar-refractivity contribution in [2.24, 2.45) is 10.3 Å². The van der Waals surface area contributed by atoms with Gasteiger partial charge in [-0.1, -0.05) is 0 Å². The quantitative estimate of drug-likeness (QED) is 0.779. The van der Waals surface area contributed by atoms with Gasteiger partial charge in [0.05, 0.1) is 28.2 Å². The number of furan rings is 1. The third-order valence-corrected chi connectivity index (χ3v) is 7.90. The lowest BCUT2D eigenvalue weighted by atomic mass is 9.94. The molecule has 1 aromatic heterocycles. The Kier molecular flexibility index (Phi) is 5.11. The minimum Gasteiger partial charge on any atom is -0.469 e. The van der Waals surface area contributed by atoms with Gasteiger partial charge in [-0.3, -0.25) is 9.59 Å². The van der Waals surface area contributed by atoms with Crippen molar-refractivity contribution >= 4 is 21.5 Å². The fourth-order valence-electron chi connectivity index (χ4n) is 3.78. The lowest BCUT2D eigenvalue weighted by Gasteiger charge is -2.45. The van der Waals surface area contributed by atoms with Gasteiger partial charge < -0.3 is 14.1 Å². The molecular weight excluding hydrogens is 368 g/mol. The van der Waals surface area contributed by atoms with Gasteiger partial charge in [0.15, 0.2) is 0 Å². The Labute approximate surface area is 159 Å². The van der Waals surface area contributed by atoms with Crippen LogP contribution < -0.4 is 0 Å². The van der Waals surface area contributed by atoms with Gasteiger partial charge in [-0.2, -0.15) is 4.36 Å². The molecule has 4 rings (SSSR count). The highest BCUT2D eigenvalue weighted by Crippen LogP contribution is 2.34. The number of hydrogen-bond acceptors (Lipinski definition) is 5. The maximum Gasteiger partial charge on any atom is 0.256 e. The third kappa shape index (κ3) is 4.43. The molecule has 0 N–H and O–H groups in total. The van der Waals surface area contributed by atoms with E-state index in [0.29, 0.717) is 56.9 Å². The summed E-state index contributed by atoms with van der Waals surface area (Å²) in [6.07, 6.45) is 5.52. The highest BCUT2D eigenvalue weighted by molar-refractivity contribution is 7.93. The molecule has 2 amide bonds. The van der Waals surface area contributed by atoms with Gasteiger partial charge in [-0.25, -0.2) is 4.21 Å². The van der Waals surface area contributed by atoms with Crippen LogP contribution in [0.1, 0.15) is 37.9 Å². The molecule has 2 saturated heterocycles. The molecule has 2 aliphatic heterocycles. The summed E-state index contributed by atoms with van der Waals surface area (Å²) in [7, 11) is -2.47. The first-order valence-electron chi connectivity index (χ1n) is 9.68. The van der Waals surface area contributed by atoms with Gasteiger partial charge in [-0.15, -0.1) is 0 Å². The predicted octanol–water partition coefficient (Wildman–Crippen LogP) is 2.01. The molecule has 3 aliphatic rings. The number of nitrogens with zero attached hydrogens (tertiary/aromatic N) is 2. The molecule has 1 spiro atoms. The molecule has 0 aromatic carbocycles. The third-order valence-electron chi connectivity index (χ3n) is 5.70. The second-order valence-corrected chi connectivity index (χ2v) is 10.4. The molecule has 1 saturated carbocycles. The molecule has 148 valence electrons. The van der Waals surface area contributed by atoms with Crippen LogP contribution in [0.15, 0.2) is 27.2 Å². The van der Waals surface area contributed by atoms with Crippen LogP contribution in [-0.4, -0.2) is 57.7 Å². The van der Waals surface area contributed by atoms with Gasteiger partial charge in [0, 0.05) is 43.4 Å². The van der Waals surface area contributed by atoms with Crippen molar-refractivity contribution in [3.63, 3.8) is 0 Å². The summed E-state index contributed by atoms with van der Waals surface area (Å²) < 4.78 is 28.3. The van der Waals surface area contributed by atoms with E-state index in [0.717, 1.165) is 18.6 Å². The summed E-state index contributed by atoms with van der Waals surface area (Å²) in [5.74, 6) is 1.47. The molecule has 27 heavy (non-hydrogen) atoms. The predicted molar refractivity (Wildman–Crippen MR) is 99.6 cm³/mol. The second-order valence-electron chi connectivity index (χ2n) is 7.81. The standard InChI is InChI=1S/C19H26N2O5S/c22-17(6-5-16-2-1-10-25-16)21-9-11-26-19(14-21)7-12-27(24,13-8-19)20-18(23)15-3-4-15/h1-2,10,15H,3-9,11-14H2. The summed E-state index contributed by atoms with van der Waals surface area (Å²) in [5, 5.41) is 0. The largest absolute Gasteiger partial charge is 0.469 e. The van der Waals surface area contributed by atoms with Crippen molar-refractivity contribution < 1.29 is 23.0 Å². The lowest BCUT2D eigenvalue weighted by Crippen LogP contribution is -2.56. The smallest absolute Gasteiger partial charge is 0.256 e. The summed E-state index contributed by atoms with van der Waals surface area (Å²) in [6, 6.07) is 3.69. The van der Waals surface area contributed by atoms with E-state index < -0.39 is 15.3 Å². The minimum absolute atomic E-state index is 0.00687. The number of ether oxygens (including phenoxy) is 1. The first kappa shape index (κ1) is 18.7. The van der Waals surface area contributed by atoms with Crippen molar-refractivity contribution in [3.8, 4) is 0 Å². The number of aryl methyl sites for hydroxylation is 1. The highest BCUT2D eigenvalue weighted by Gasteiger charge is 2.43. The number of carbonyl (C=O) groups excluding carboxylic acids is 2. The topological polar surface area (TPSA) is 89.2 Å². The Hall–Kier alpha value is -1.67. The first-order valence-corrected chi connectivity index (χ1v) is 11.5. The van der Waals surface area contributed by atoms with E-state index in [-0.39, 0.29) is 17.7 Å². The molecule has 7 nitrogen and oxygen atoms in total. The van der Waals surface area contributed by atoms with Gasteiger partial charge in [0.1, 0.15) is 5.76 Å². The van der Waals surface area contributed by atoms with E-state index in [1.165, 1.54) is 0 Å². The zero-order chi connectivity index (χ0) is 18.9. The van der Waals surface area contributed by atoms with E-state index in [1.54, 1.807) is 6.26 Å². The zero-order valence-corrected chi connectivity index (χ0v) is 16.2. The van der Waals surface area contributed by atoms with Crippen molar-refractivity contribution in [1.82, 2.24) is 4.90 Å². The van der Waals surface area contributed by atoms with Crippen molar-refractivity contribution in [3.05, 3.63) is 24.2 Å². The SMILES string of the molecule is O=C(N=S1(=O)CCC2(CC1)CN(C(=O)CCc1ccco1)CCO2)C1CC1. The molecule has 0 bridgehead atoms. The van der Waals surface area contributed by atoms with Crippen LogP contribution >= 0.6 is 0 Å². The summed E-state index contributed by atoms with van der Waals surface area (Å²) in [5.41, 5.74) is -0.447. The van der Waals surface area contributed by atoms with Gasteiger partial charge in [-0.05, 0) is 37.8 Å². The van der Waals surface area contributed by atoms with E-state index in [9.17, 15) is 13.8 Å². The van der Waals surface area contributed by atoms with Crippen molar-refractivity contribution in [1.29, 1.82) is 0 Å². The van der Waals surface area contributed by atoms with Crippen LogP contribution in [0.4, 0.5) is 0 Å². The number of morpholine rings is 1. The molecule has 0 radical (unpaired) electrons. The number of hydrogen-bond donors (Lipinski definition) is 0. The van der Waals surface area contributed by atoms with Crippen LogP contribution in [0, 0.1) is 5.92 Å². The van der Waals surface area contributed by atoms with Crippen LogP contribution in [-0.2, 0) is 30.5 Å². The Bertz CT molecular complexity index is 807. The summed E-state index contributed by atoms with van der Waals surface area (Å²) >= 11 is 0. The number of amides is 2. The van der Waals surface area contributed by atoms with Gasteiger partial charge >= 0.3 is 0 Å². The van der Waals surface area contributed by atoms with E-state index >= 15 is 0 Å². The average Bonchev–Trinajstić information content (AvgIpc) is 3.39. The molecule has 1 aromatic rings. The average molecular weight is 394 g/mol. The Morgan fingerprint density at radius 3 is 2.74 bits per heavy atom. The fraction of sp³-hybridized carbons (Fsp3) is 0.684. The van der Waals surface area contributed by atoms with E-state index in [4.69, 9.17) is 9.15 Å². The minimum atomic E-state index is -2.47. The van der Waals surface area contributed by atoms with Gasteiger partial charge in [0.25, 0.3) is 5.91 Å². The molecular formula is C19H26N2O5S. The van der Waals surface area contributed by atoms with E-state index in [2.05, 4.69) is 4.36 Å². The molecule has 3 fully saturated rings. The highest BCUT2D eigenvalue weighted by atomic mass is 32.2. The second kappa shape index (κ2) is 7.39. The lowest BCUT2D eigenvalue weighted by molar-refractivity contribution is -0.152. The monoisotopic (exact) mass is 394 g/mol. The normalized spacial score (nSPS) is 31.0. The van der Waals surface area contributed by atoms with Crippen LogP contribution in [0.2, 0.25) is 0 Å². The summed E-state index contributed by atoms with van der Waals surface area (Å²) in [4.78, 5) is 26.4. The van der Waals surface area contributed by atoms with Crippen LogP contribution in [0.5, 0.6) is 0 Å². The summed E-state index contributed by atoms with van der Waals surface area (Å²) in [6.45, 7) is 1.60. The number of rotatable bonds is 4. The molecule has 8 heteroatoms. The molecule has 0 atom stereocenters. The Morgan fingerprint density at radius 1 is 1.30 bits per heavy atom. The maximum atomic E-state index is 12.9. The Balaban J connectivity index is 1.34. The van der Waals surface area contributed by atoms with Crippen LogP contribution in [0.3, 0.4) is 0 Å². The Morgan fingerprint density at radius 2 is 2.07 bits per heavy atom. The first-order chi connectivity index (χ1) is 13.0. The molecule has 0 unspecified atom stereocenters. The molecule has 1 aliphatic carbocycles. The zero-order valence-electron chi connectivity index (χ0n) is 15.4.